The Bertz CT molecular complexity index is 4080. The zero-order valence-electron chi connectivity index (χ0n) is 38.2. The molecule has 3 heteroatoms. The van der Waals surface area contributed by atoms with Crippen LogP contribution in [0.1, 0.15) is 22.3 Å². The number of benzene rings is 11. The normalized spacial score (nSPS) is 12.7. The van der Waals surface area contributed by atoms with Crippen molar-refractivity contribution in [2.75, 3.05) is 0 Å². The van der Waals surface area contributed by atoms with Crippen LogP contribution in [0.4, 0.5) is 0 Å². The van der Waals surface area contributed by atoms with Crippen LogP contribution in [-0.2, 0) is 5.41 Å². The largest absolute Gasteiger partial charge is 0.309 e. The van der Waals surface area contributed by atoms with Crippen molar-refractivity contribution >= 4 is 43.4 Å². The van der Waals surface area contributed by atoms with E-state index in [1.165, 1.54) is 65.7 Å². The lowest BCUT2D eigenvalue weighted by Gasteiger charge is -2.33. The zero-order valence-corrected chi connectivity index (χ0v) is 38.2. The third kappa shape index (κ3) is 6.08. The molecule has 3 nitrogen and oxygen atoms in total. The highest BCUT2D eigenvalue weighted by Gasteiger charge is 2.46. The maximum atomic E-state index is 5.72. The van der Waals surface area contributed by atoms with Crippen molar-refractivity contribution in [1.29, 1.82) is 0 Å². The summed E-state index contributed by atoms with van der Waals surface area (Å²) < 4.78 is 2.41. The van der Waals surface area contributed by atoms with E-state index in [1.807, 2.05) is 0 Å². The Kier molecular flexibility index (Phi) is 9.11. The molecule has 326 valence electrons. The number of hydrogen-bond donors (Lipinski definition) is 0. The lowest BCUT2D eigenvalue weighted by Crippen LogP contribution is -2.28. The van der Waals surface area contributed by atoms with Crippen LogP contribution in [0.2, 0.25) is 0 Å². The quantitative estimate of drug-likeness (QED) is 0.149. The first kappa shape index (κ1) is 39.9. The van der Waals surface area contributed by atoms with Crippen LogP contribution in [-0.4, -0.2) is 14.5 Å². The summed E-state index contributed by atoms with van der Waals surface area (Å²) in [7, 11) is 0. The van der Waals surface area contributed by atoms with Gasteiger partial charge in [-0.1, -0.05) is 218 Å². The molecule has 2 heterocycles. The molecule has 0 aliphatic heterocycles. The van der Waals surface area contributed by atoms with Crippen LogP contribution in [0.25, 0.3) is 105 Å². The molecular weight excluding hydrogens is 847 g/mol. The van der Waals surface area contributed by atoms with E-state index in [0.717, 1.165) is 55.9 Å². The number of aromatic nitrogens is 3. The van der Waals surface area contributed by atoms with Gasteiger partial charge >= 0.3 is 0 Å². The number of rotatable bonds is 7. The minimum Gasteiger partial charge on any atom is -0.309 e. The molecule has 1 aliphatic carbocycles. The Morgan fingerprint density at radius 1 is 0.314 bits per heavy atom. The van der Waals surface area contributed by atoms with Gasteiger partial charge in [-0.25, -0.2) is 9.97 Å². The van der Waals surface area contributed by atoms with Crippen LogP contribution in [0.5, 0.6) is 0 Å². The van der Waals surface area contributed by atoms with E-state index in [2.05, 4.69) is 265 Å². The Morgan fingerprint density at radius 2 is 0.843 bits per heavy atom. The topological polar surface area (TPSA) is 30.7 Å². The van der Waals surface area contributed by atoms with E-state index in [0.29, 0.717) is 5.82 Å². The van der Waals surface area contributed by atoms with Gasteiger partial charge in [-0.2, -0.15) is 0 Å². The second-order valence-electron chi connectivity index (χ2n) is 18.4. The van der Waals surface area contributed by atoms with Gasteiger partial charge in [0.1, 0.15) is 0 Å². The molecule has 13 aromatic rings. The van der Waals surface area contributed by atoms with Crippen LogP contribution < -0.4 is 0 Å². The third-order valence-corrected chi connectivity index (χ3v) is 14.6. The molecule has 0 saturated heterocycles. The summed E-state index contributed by atoms with van der Waals surface area (Å²) in [6.45, 7) is 0. The van der Waals surface area contributed by atoms with Gasteiger partial charge in [0, 0.05) is 33.2 Å². The smallest absolute Gasteiger partial charge is 0.160 e. The van der Waals surface area contributed by atoms with Gasteiger partial charge in [-0.3, -0.25) is 0 Å². The lowest BCUT2D eigenvalue weighted by molar-refractivity contribution is 0.768. The Labute approximate surface area is 406 Å². The first-order valence-corrected chi connectivity index (χ1v) is 24.1. The molecule has 0 radical (unpaired) electrons. The van der Waals surface area contributed by atoms with E-state index < -0.39 is 5.41 Å². The highest BCUT2D eigenvalue weighted by molar-refractivity contribution is 6.14. The molecule has 0 N–H and O–H groups in total. The van der Waals surface area contributed by atoms with Crippen LogP contribution in [0.3, 0.4) is 0 Å². The van der Waals surface area contributed by atoms with Crippen LogP contribution in [0, 0.1) is 0 Å². The summed E-state index contributed by atoms with van der Waals surface area (Å²) in [5.41, 5.74) is 17.2. The fourth-order valence-electron chi connectivity index (χ4n) is 11.7. The van der Waals surface area contributed by atoms with Crippen molar-refractivity contribution in [2.24, 2.45) is 0 Å². The summed E-state index contributed by atoms with van der Waals surface area (Å²) in [6, 6.07) is 94.8. The summed E-state index contributed by atoms with van der Waals surface area (Å²) in [6.07, 6.45) is 0. The van der Waals surface area contributed by atoms with Gasteiger partial charge in [-0.15, -0.1) is 0 Å². The second kappa shape index (κ2) is 16.0. The maximum Gasteiger partial charge on any atom is 0.160 e. The minimum absolute atomic E-state index is 0.545. The zero-order chi connectivity index (χ0) is 46.2. The Morgan fingerprint density at radius 3 is 1.56 bits per heavy atom. The first-order chi connectivity index (χ1) is 34.7. The summed E-state index contributed by atoms with van der Waals surface area (Å²) in [5.74, 6) is 0.659. The van der Waals surface area contributed by atoms with Gasteiger partial charge in [-0.05, 0) is 109 Å². The molecule has 14 rings (SSSR count). The fourth-order valence-corrected chi connectivity index (χ4v) is 11.7. The average Bonchev–Trinajstić information content (AvgIpc) is 3.94. The molecule has 1 aliphatic rings. The number of para-hydroxylation sites is 2. The Hall–Kier alpha value is -9.18. The van der Waals surface area contributed by atoms with Crippen LogP contribution in [0.15, 0.2) is 261 Å². The molecular formula is C67H43N3. The van der Waals surface area contributed by atoms with Crippen molar-refractivity contribution in [3.05, 3.63) is 283 Å². The molecule has 0 atom stereocenters. The van der Waals surface area contributed by atoms with E-state index in [4.69, 9.17) is 9.97 Å². The molecule has 70 heavy (non-hydrogen) atoms. The van der Waals surface area contributed by atoms with Gasteiger partial charge in [0.05, 0.1) is 27.8 Å². The SMILES string of the molecule is c1ccc(-c2cc(-c3cccc4c3-c3ccccc3C4(c3ccccc3)c3ccccc3)nc(-c3cc(-c4cc5ccccc5c5ccccc45)cc(-n4c5ccccc5c5ccccc54)c3)n2)cc1. The molecule has 0 spiro atoms. The molecule has 0 saturated carbocycles. The predicted molar refractivity (Wildman–Crippen MR) is 290 cm³/mol. The van der Waals surface area contributed by atoms with Crippen molar-refractivity contribution < 1.29 is 0 Å². The van der Waals surface area contributed by atoms with E-state index in [9.17, 15) is 0 Å². The van der Waals surface area contributed by atoms with E-state index >= 15 is 0 Å². The van der Waals surface area contributed by atoms with Crippen molar-refractivity contribution in [1.82, 2.24) is 14.5 Å². The summed E-state index contributed by atoms with van der Waals surface area (Å²) >= 11 is 0. The predicted octanol–water partition coefficient (Wildman–Crippen LogP) is 16.9. The summed E-state index contributed by atoms with van der Waals surface area (Å²) in [4.78, 5) is 11.3. The summed E-state index contributed by atoms with van der Waals surface area (Å²) in [5, 5.41) is 7.29. The van der Waals surface area contributed by atoms with Crippen molar-refractivity contribution in [3.63, 3.8) is 0 Å². The van der Waals surface area contributed by atoms with Crippen molar-refractivity contribution in [2.45, 2.75) is 5.41 Å². The van der Waals surface area contributed by atoms with Crippen LogP contribution >= 0.6 is 0 Å². The van der Waals surface area contributed by atoms with Gasteiger partial charge < -0.3 is 4.57 Å². The van der Waals surface area contributed by atoms with Gasteiger partial charge in [0.15, 0.2) is 5.82 Å². The maximum absolute atomic E-state index is 5.72. The molecule has 0 unspecified atom stereocenters. The van der Waals surface area contributed by atoms with Crippen molar-refractivity contribution in [3.8, 4) is 61.8 Å². The molecule has 0 amide bonds. The molecule has 0 bridgehead atoms. The standard InChI is InChI=1S/C67H43N3/c1-4-21-44(22-5-1)61-43-62(57-34-20-36-60-65(57)56-33-14-17-35-59(56)67(60,48-24-6-2-7-25-48)49-26-8-3-9-27-49)69-66(68-61)47-39-46(58-42-45-23-10-11-28-51(45)52-29-12-13-30-53(52)58)40-50(41-47)70-63-37-18-15-31-54(63)55-32-16-19-38-64(55)70/h1-43H. The third-order valence-electron chi connectivity index (χ3n) is 14.6. The monoisotopic (exact) mass is 889 g/mol. The van der Waals surface area contributed by atoms with E-state index in [-0.39, 0.29) is 0 Å². The molecule has 2 aromatic heterocycles. The lowest BCUT2D eigenvalue weighted by atomic mass is 9.67. The minimum atomic E-state index is -0.545. The average molecular weight is 890 g/mol. The highest BCUT2D eigenvalue weighted by Crippen LogP contribution is 2.58. The molecule has 0 fully saturated rings. The van der Waals surface area contributed by atoms with Gasteiger partial charge in [0.25, 0.3) is 0 Å². The highest BCUT2D eigenvalue weighted by atomic mass is 15.0. The molecule has 11 aromatic carbocycles. The number of nitrogens with zero attached hydrogens (tertiary/aromatic N) is 3. The Balaban J connectivity index is 1.07. The van der Waals surface area contributed by atoms with Gasteiger partial charge in [0.2, 0.25) is 0 Å². The number of fused-ring (bicyclic) bond motifs is 9. The second-order valence-corrected chi connectivity index (χ2v) is 18.4. The van der Waals surface area contributed by atoms with E-state index in [1.54, 1.807) is 0 Å². The fraction of sp³-hybridized carbons (Fsp3) is 0.0149. The number of hydrogen-bond acceptors (Lipinski definition) is 2. The first-order valence-electron chi connectivity index (χ1n) is 24.1.